The van der Waals surface area contributed by atoms with E-state index in [-0.39, 0.29) is 37.4 Å². The molecule has 8 heteroatoms. The minimum absolute atomic E-state index is 0.129. The molecule has 2 heterocycles. The number of carbonyl (C=O) groups is 3. The quantitative estimate of drug-likeness (QED) is 0.699. The van der Waals surface area contributed by atoms with Gasteiger partial charge in [0.2, 0.25) is 5.91 Å². The van der Waals surface area contributed by atoms with Gasteiger partial charge < -0.3 is 20.3 Å². The van der Waals surface area contributed by atoms with Crippen molar-refractivity contribution in [1.29, 1.82) is 0 Å². The maximum Gasteiger partial charge on any atom is 0.322 e. The highest BCUT2D eigenvalue weighted by molar-refractivity contribution is 6.01. The lowest BCUT2D eigenvalue weighted by molar-refractivity contribution is -0.127. The number of carbonyl (C=O) groups excluding carboxylic acids is 3. The van der Waals surface area contributed by atoms with Crippen molar-refractivity contribution >= 4 is 17.8 Å². The summed E-state index contributed by atoms with van der Waals surface area (Å²) in [6.45, 7) is 1.00. The molecule has 2 aliphatic heterocycles. The van der Waals surface area contributed by atoms with Gasteiger partial charge in [0.25, 0.3) is 5.91 Å². The molecule has 0 radical (unpaired) electrons. The van der Waals surface area contributed by atoms with Crippen molar-refractivity contribution in [2.45, 2.75) is 19.0 Å². The fourth-order valence-electron chi connectivity index (χ4n) is 4.06. The van der Waals surface area contributed by atoms with Crippen LogP contribution in [0.1, 0.15) is 23.6 Å². The van der Waals surface area contributed by atoms with E-state index in [1.807, 2.05) is 48.5 Å². The van der Waals surface area contributed by atoms with Gasteiger partial charge in [0.05, 0.1) is 31.0 Å². The summed E-state index contributed by atoms with van der Waals surface area (Å²) in [5.74, 6) is 0.287. The molecule has 2 N–H and O–H groups in total. The van der Waals surface area contributed by atoms with Crippen LogP contribution in [0.4, 0.5) is 4.79 Å². The molecule has 0 aromatic heterocycles. The number of methoxy groups -OCH3 is 1. The van der Waals surface area contributed by atoms with Gasteiger partial charge >= 0.3 is 6.03 Å². The third-order valence-electron chi connectivity index (χ3n) is 5.83. The summed E-state index contributed by atoms with van der Waals surface area (Å²) < 4.78 is 5.45. The van der Waals surface area contributed by atoms with Crippen LogP contribution in [0, 0.1) is 0 Å². The van der Waals surface area contributed by atoms with Crippen molar-refractivity contribution in [2.75, 3.05) is 27.2 Å². The molecule has 0 saturated heterocycles. The molecular formula is C24H26N4O4. The number of benzene rings is 2. The number of amides is 4. The maximum atomic E-state index is 13.3. The molecule has 0 saturated carbocycles. The van der Waals surface area contributed by atoms with E-state index < -0.39 is 6.04 Å². The van der Waals surface area contributed by atoms with Crippen molar-refractivity contribution in [2.24, 2.45) is 0 Å². The number of para-hydroxylation sites is 1. The average molecular weight is 434 g/mol. The number of rotatable bonds is 7. The Morgan fingerprint density at radius 1 is 1.12 bits per heavy atom. The number of urea groups is 1. The summed E-state index contributed by atoms with van der Waals surface area (Å²) >= 11 is 0. The van der Waals surface area contributed by atoms with Crippen LogP contribution in [0.25, 0.3) is 0 Å². The standard InChI is InChI=1S/C24H26N4O4/c1-27-18-15-28(13-12-20(29)25-14-16-8-4-3-5-9-16)23(30)21(18)22(26-24(27)31)17-10-6-7-11-19(17)32-2/h3-11,22H,12-15H2,1-2H3,(H,25,29)(H,26,31). The van der Waals surface area contributed by atoms with Gasteiger partial charge in [0.1, 0.15) is 5.75 Å². The highest BCUT2D eigenvalue weighted by Crippen LogP contribution is 2.38. The summed E-state index contributed by atoms with van der Waals surface area (Å²) in [7, 11) is 3.20. The van der Waals surface area contributed by atoms with Gasteiger partial charge in [-0.25, -0.2) is 4.79 Å². The Bertz CT molecular complexity index is 1070. The van der Waals surface area contributed by atoms with Crippen molar-refractivity contribution in [3.8, 4) is 5.75 Å². The van der Waals surface area contributed by atoms with E-state index in [1.165, 1.54) is 4.90 Å². The molecule has 1 unspecified atom stereocenters. The van der Waals surface area contributed by atoms with E-state index in [1.54, 1.807) is 25.1 Å². The van der Waals surface area contributed by atoms with Gasteiger partial charge in [-0.2, -0.15) is 0 Å². The van der Waals surface area contributed by atoms with Gasteiger partial charge in [0.15, 0.2) is 0 Å². The molecule has 32 heavy (non-hydrogen) atoms. The largest absolute Gasteiger partial charge is 0.496 e. The summed E-state index contributed by atoms with van der Waals surface area (Å²) in [6, 6.07) is 16.1. The van der Waals surface area contributed by atoms with Crippen LogP contribution < -0.4 is 15.4 Å². The highest BCUT2D eigenvalue weighted by Gasteiger charge is 2.43. The highest BCUT2D eigenvalue weighted by atomic mass is 16.5. The normalized spacial score (nSPS) is 17.9. The molecule has 2 aromatic rings. The van der Waals surface area contributed by atoms with Crippen molar-refractivity contribution < 1.29 is 19.1 Å². The summed E-state index contributed by atoms with van der Waals surface area (Å²) in [6.07, 6.45) is 0.184. The van der Waals surface area contributed by atoms with Crippen LogP contribution >= 0.6 is 0 Å². The molecule has 0 fully saturated rings. The smallest absolute Gasteiger partial charge is 0.322 e. The number of hydrogen-bond donors (Lipinski definition) is 2. The van der Waals surface area contributed by atoms with Crippen molar-refractivity contribution in [3.05, 3.63) is 77.0 Å². The molecule has 2 aromatic carbocycles. The van der Waals surface area contributed by atoms with Crippen LogP contribution in [0.2, 0.25) is 0 Å². The molecule has 2 aliphatic rings. The third kappa shape index (κ3) is 4.16. The Balaban J connectivity index is 1.45. The molecule has 0 spiro atoms. The Kier molecular flexibility index (Phi) is 6.11. The topological polar surface area (TPSA) is 91.0 Å². The van der Waals surface area contributed by atoms with Crippen molar-refractivity contribution in [3.63, 3.8) is 0 Å². The minimum Gasteiger partial charge on any atom is -0.496 e. The molecule has 166 valence electrons. The average Bonchev–Trinajstić information content (AvgIpc) is 3.16. The number of nitrogens with zero attached hydrogens (tertiary/aromatic N) is 2. The van der Waals surface area contributed by atoms with Crippen LogP contribution in [-0.4, -0.2) is 54.9 Å². The first-order chi connectivity index (χ1) is 15.5. The third-order valence-corrected chi connectivity index (χ3v) is 5.83. The van der Waals surface area contributed by atoms with Gasteiger partial charge in [-0.05, 0) is 11.6 Å². The Morgan fingerprint density at radius 2 is 1.84 bits per heavy atom. The lowest BCUT2D eigenvalue weighted by Crippen LogP contribution is -2.45. The fourth-order valence-corrected chi connectivity index (χ4v) is 4.06. The van der Waals surface area contributed by atoms with Gasteiger partial charge in [0, 0.05) is 32.1 Å². The first-order valence-electron chi connectivity index (χ1n) is 10.5. The van der Waals surface area contributed by atoms with Crippen LogP contribution in [0.3, 0.4) is 0 Å². The number of likely N-dealkylation sites (N-methyl/N-ethyl adjacent to an activating group) is 1. The lowest BCUT2D eigenvalue weighted by atomic mass is 9.95. The monoisotopic (exact) mass is 434 g/mol. The minimum atomic E-state index is -0.603. The SMILES string of the molecule is COc1ccccc1C1NC(=O)N(C)C2=C1C(=O)N(CCC(=O)NCc1ccccc1)C2. The number of hydrogen-bond acceptors (Lipinski definition) is 4. The molecule has 4 rings (SSSR count). The summed E-state index contributed by atoms with van der Waals surface area (Å²) in [5, 5.41) is 5.79. The second-order valence-electron chi connectivity index (χ2n) is 7.78. The Morgan fingerprint density at radius 3 is 2.59 bits per heavy atom. The molecular weight excluding hydrogens is 408 g/mol. The zero-order valence-electron chi connectivity index (χ0n) is 18.1. The zero-order chi connectivity index (χ0) is 22.7. The van der Waals surface area contributed by atoms with E-state index in [2.05, 4.69) is 10.6 Å². The van der Waals surface area contributed by atoms with Gasteiger partial charge in [-0.3, -0.25) is 14.5 Å². The fraction of sp³-hybridized carbons (Fsp3) is 0.292. The lowest BCUT2D eigenvalue weighted by Gasteiger charge is -2.31. The van der Waals surface area contributed by atoms with Gasteiger partial charge in [-0.1, -0.05) is 48.5 Å². The summed E-state index contributed by atoms with van der Waals surface area (Å²) in [5.41, 5.74) is 2.90. The molecule has 8 nitrogen and oxygen atoms in total. The van der Waals surface area contributed by atoms with Gasteiger partial charge in [-0.15, -0.1) is 0 Å². The van der Waals surface area contributed by atoms with Crippen LogP contribution in [0.15, 0.2) is 65.9 Å². The first-order valence-corrected chi connectivity index (χ1v) is 10.5. The van der Waals surface area contributed by atoms with E-state index in [4.69, 9.17) is 4.74 Å². The summed E-state index contributed by atoms with van der Waals surface area (Å²) in [4.78, 5) is 41.3. The predicted molar refractivity (Wildman–Crippen MR) is 119 cm³/mol. The van der Waals surface area contributed by atoms with Crippen molar-refractivity contribution in [1.82, 2.24) is 20.4 Å². The number of nitrogens with one attached hydrogen (secondary N) is 2. The number of ether oxygens (including phenoxy) is 1. The first kappa shape index (κ1) is 21.4. The Hall–Kier alpha value is -3.81. The van der Waals surface area contributed by atoms with Crippen LogP contribution in [-0.2, 0) is 16.1 Å². The van der Waals surface area contributed by atoms with E-state index in [9.17, 15) is 14.4 Å². The molecule has 1 atom stereocenters. The predicted octanol–water partition coefficient (Wildman–Crippen LogP) is 2.19. The maximum absolute atomic E-state index is 13.3. The second-order valence-corrected chi connectivity index (χ2v) is 7.78. The van der Waals surface area contributed by atoms with E-state index in [0.29, 0.717) is 23.6 Å². The molecule has 4 amide bonds. The van der Waals surface area contributed by atoms with E-state index in [0.717, 1.165) is 11.1 Å². The van der Waals surface area contributed by atoms with Crippen LogP contribution in [0.5, 0.6) is 5.75 Å². The van der Waals surface area contributed by atoms with E-state index >= 15 is 0 Å². The second kappa shape index (κ2) is 9.13. The zero-order valence-corrected chi connectivity index (χ0v) is 18.1. The molecule has 0 aliphatic carbocycles. The Labute approximate surface area is 186 Å². The molecule has 0 bridgehead atoms.